The lowest BCUT2D eigenvalue weighted by Gasteiger charge is -2.38. The third-order valence-corrected chi connectivity index (χ3v) is 7.70. The van der Waals surface area contributed by atoms with Gasteiger partial charge in [0.2, 0.25) is 17.8 Å². The number of piperazine rings is 1. The maximum absolute atomic E-state index is 13.5. The van der Waals surface area contributed by atoms with Crippen molar-refractivity contribution in [1.29, 1.82) is 0 Å². The Morgan fingerprint density at radius 1 is 0.946 bits per heavy atom. The molecule has 2 fully saturated rings. The van der Waals surface area contributed by atoms with Gasteiger partial charge in [-0.05, 0) is 62.3 Å². The van der Waals surface area contributed by atoms with E-state index in [-0.39, 0.29) is 24.4 Å². The standard InChI is InChI=1S/C28H38N6O3/c35-26(21-31-15-17-32(18-16-31)28-29-11-4-12-30-28)33-13-5-19-37-25-8-3-6-23(20-25)9-10-24-7-1-2-14-34(24)27(36)22-33/h3-4,6,8,11-12,20,24H,1-2,5,7,9-10,13-19,21-22H2. The number of fused-ring (bicyclic) bond motifs is 3. The number of amides is 2. The smallest absolute Gasteiger partial charge is 0.242 e. The van der Waals surface area contributed by atoms with E-state index in [1.165, 1.54) is 5.56 Å². The van der Waals surface area contributed by atoms with E-state index < -0.39 is 0 Å². The number of nitrogens with zero attached hydrogens (tertiary/aromatic N) is 6. The minimum Gasteiger partial charge on any atom is -0.494 e. The molecule has 0 aliphatic carbocycles. The molecule has 2 saturated heterocycles. The van der Waals surface area contributed by atoms with E-state index >= 15 is 0 Å². The molecular formula is C28H38N6O3. The highest BCUT2D eigenvalue weighted by atomic mass is 16.5. The summed E-state index contributed by atoms with van der Waals surface area (Å²) >= 11 is 0. The van der Waals surface area contributed by atoms with Crippen LogP contribution in [0.1, 0.15) is 37.7 Å². The fourth-order valence-corrected chi connectivity index (χ4v) is 5.60. The van der Waals surface area contributed by atoms with Gasteiger partial charge < -0.3 is 19.4 Å². The monoisotopic (exact) mass is 506 g/mol. The Hall–Kier alpha value is -3.20. The molecule has 37 heavy (non-hydrogen) atoms. The summed E-state index contributed by atoms with van der Waals surface area (Å²) in [6, 6.07) is 10.3. The summed E-state index contributed by atoms with van der Waals surface area (Å²) in [5.74, 6) is 1.70. The predicted octanol–water partition coefficient (Wildman–Crippen LogP) is 2.22. The second-order valence-electron chi connectivity index (χ2n) is 10.3. The molecule has 2 bridgehead atoms. The van der Waals surface area contributed by atoms with Crippen LogP contribution in [0, 0.1) is 0 Å². The van der Waals surface area contributed by atoms with Gasteiger partial charge in [0.25, 0.3) is 0 Å². The predicted molar refractivity (Wildman–Crippen MR) is 141 cm³/mol. The molecule has 0 radical (unpaired) electrons. The van der Waals surface area contributed by atoms with Gasteiger partial charge in [-0.25, -0.2) is 9.97 Å². The topological polar surface area (TPSA) is 82.1 Å². The Morgan fingerprint density at radius 3 is 2.62 bits per heavy atom. The van der Waals surface area contributed by atoms with Crippen molar-refractivity contribution < 1.29 is 14.3 Å². The van der Waals surface area contributed by atoms with Crippen molar-refractivity contribution in [2.45, 2.75) is 44.6 Å². The molecule has 3 aliphatic rings. The van der Waals surface area contributed by atoms with Crippen LogP contribution in [-0.2, 0) is 16.0 Å². The van der Waals surface area contributed by atoms with Crippen LogP contribution in [0.2, 0.25) is 0 Å². The van der Waals surface area contributed by atoms with E-state index in [0.717, 1.165) is 76.5 Å². The van der Waals surface area contributed by atoms with Crippen LogP contribution in [0.4, 0.5) is 5.95 Å². The number of aryl methyl sites for hydroxylation is 1. The van der Waals surface area contributed by atoms with Gasteiger partial charge >= 0.3 is 0 Å². The number of rotatable bonds is 3. The van der Waals surface area contributed by atoms with Crippen molar-refractivity contribution in [2.24, 2.45) is 0 Å². The molecule has 4 heterocycles. The van der Waals surface area contributed by atoms with Gasteiger partial charge in [0.15, 0.2) is 0 Å². The number of piperidine rings is 1. The third-order valence-electron chi connectivity index (χ3n) is 7.70. The zero-order valence-corrected chi connectivity index (χ0v) is 21.6. The summed E-state index contributed by atoms with van der Waals surface area (Å²) in [5, 5.41) is 0. The largest absolute Gasteiger partial charge is 0.494 e. The quantitative estimate of drug-likeness (QED) is 0.631. The number of benzene rings is 1. The zero-order chi connectivity index (χ0) is 25.5. The molecule has 5 rings (SSSR count). The molecule has 1 atom stereocenters. The van der Waals surface area contributed by atoms with E-state index in [1.807, 2.05) is 18.2 Å². The van der Waals surface area contributed by atoms with E-state index in [9.17, 15) is 9.59 Å². The Labute approximate surface area is 219 Å². The second kappa shape index (κ2) is 12.4. The number of ether oxygens (including phenoxy) is 1. The molecule has 0 saturated carbocycles. The molecule has 9 heteroatoms. The molecule has 2 aromatic rings. The number of aromatic nitrogens is 2. The molecule has 1 aromatic heterocycles. The van der Waals surface area contributed by atoms with E-state index in [4.69, 9.17) is 4.74 Å². The Balaban J connectivity index is 1.23. The van der Waals surface area contributed by atoms with Crippen molar-refractivity contribution >= 4 is 17.8 Å². The first-order valence-corrected chi connectivity index (χ1v) is 13.7. The summed E-state index contributed by atoms with van der Waals surface area (Å²) in [5.41, 5.74) is 1.25. The summed E-state index contributed by atoms with van der Waals surface area (Å²) < 4.78 is 6.00. The first-order valence-electron chi connectivity index (χ1n) is 13.7. The van der Waals surface area contributed by atoms with Crippen molar-refractivity contribution in [3.05, 3.63) is 48.3 Å². The first-order chi connectivity index (χ1) is 18.2. The maximum Gasteiger partial charge on any atom is 0.242 e. The van der Waals surface area contributed by atoms with Crippen LogP contribution in [0.15, 0.2) is 42.7 Å². The van der Waals surface area contributed by atoms with Crippen LogP contribution >= 0.6 is 0 Å². The molecule has 9 nitrogen and oxygen atoms in total. The van der Waals surface area contributed by atoms with Crippen molar-refractivity contribution in [2.75, 3.05) is 63.9 Å². The van der Waals surface area contributed by atoms with Crippen molar-refractivity contribution in [3.8, 4) is 5.75 Å². The highest BCUT2D eigenvalue weighted by Gasteiger charge is 2.30. The van der Waals surface area contributed by atoms with Crippen LogP contribution < -0.4 is 9.64 Å². The Bertz CT molecular complexity index is 1040. The normalized spacial score (nSPS) is 22.1. The number of carbonyl (C=O) groups excluding carboxylic acids is 2. The van der Waals surface area contributed by atoms with Gasteiger partial charge in [-0.1, -0.05) is 12.1 Å². The lowest BCUT2D eigenvalue weighted by atomic mass is 9.95. The fourth-order valence-electron chi connectivity index (χ4n) is 5.60. The summed E-state index contributed by atoms with van der Waals surface area (Å²) in [4.78, 5) is 43.7. The van der Waals surface area contributed by atoms with Gasteiger partial charge in [0, 0.05) is 57.7 Å². The first kappa shape index (κ1) is 25.4. The summed E-state index contributed by atoms with van der Waals surface area (Å²) in [7, 11) is 0. The van der Waals surface area contributed by atoms with Crippen LogP contribution in [0.5, 0.6) is 5.75 Å². The van der Waals surface area contributed by atoms with Crippen LogP contribution in [-0.4, -0.2) is 101 Å². The van der Waals surface area contributed by atoms with Crippen LogP contribution in [0.25, 0.3) is 0 Å². The SMILES string of the molecule is O=C(CN1CCN(c2ncccn2)CC1)N1CCCOc2cccc(c2)CCC2CCCCN2C(=O)C1. The minimum atomic E-state index is 0.0143. The second-order valence-corrected chi connectivity index (χ2v) is 10.3. The highest BCUT2D eigenvalue weighted by Crippen LogP contribution is 2.24. The molecule has 2 amide bonds. The average molecular weight is 507 g/mol. The van der Waals surface area contributed by atoms with Crippen LogP contribution in [0.3, 0.4) is 0 Å². The van der Waals surface area contributed by atoms with Gasteiger partial charge in [-0.15, -0.1) is 0 Å². The zero-order valence-electron chi connectivity index (χ0n) is 21.6. The molecule has 1 aromatic carbocycles. The third kappa shape index (κ3) is 6.77. The fraction of sp³-hybridized carbons (Fsp3) is 0.571. The summed E-state index contributed by atoms with van der Waals surface area (Å²) in [6.45, 7) is 5.37. The van der Waals surface area contributed by atoms with Gasteiger partial charge in [0.05, 0.1) is 19.7 Å². The minimum absolute atomic E-state index is 0.0143. The average Bonchev–Trinajstić information content (AvgIpc) is 2.94. The lowest BCUT2D eigenvalue weighted by molar-refractivity contribution is -0.143. The molecular weight excluding hydrogens is 468 g/mol. The Morgan fingerprint density at radius 2 is 1.78 bits per heavy atom. The molecule has 0 N–H and O–H groups in total. The van der Waals surface area contributed by atoms with Gasteiger partial charge in [0.1, 0.15) is 5.75 Å². The highest BCUT2D eigenvalue weighted by molar-refractivity contribution is 5.86. The van der Waals surface area contributed by atoms with E-state index in [2.05, 4.69) is 36.8 Å². The summed E-state index contributed by atoms with van der Waals surface area (Å²) in [6.07, 6.45) is 9.28. The van der Waals surface area contributed by atoms with E-state index in [0.29, 0.717) is 26.1 Å². The molecule has 198 valence electrons. The number of anilines is 1. The van der Waals surface area contributed by atoms with Gasteiger partial charge in [-0.3, -0.25) is 14.5 Å². The van der Waals surface area contributed by atoms with Crippen molar-refractivity contribution in [1.82, 2.24) is 24.7 Å². The van der Waals surface area contributed by atoms with Crippen molar-refractivity contribution in [3.63, 3.8) is 0 Å². The maximum atomic E-state index is 13.5. The number of hydrogen-bond donors (Lipinski definition) is 0. The van der Waals surface area contributed by atoms with E-state index in [1.54, 1.807) is 17.3 Å². The number of hydrogen-bond acceptors (Lipinski definition) is 7. The molecule has 1 unspecified atom stereocenters. The molecule has 3 aliphatic heterocycles. The van der Waals surface area contributed by atoms with Gasteiger partial charge in [-0.2, -0.15) is 0 Å². The lowest BCUT2D eigenvalue weighted by Crippen LogP contribution is -2.53. The number of carbonyl (C=O) groups is 2. The molecule has 0 spiro atoms. The Kier molecular flexibility index (Phi) is 8.50.